The maximum Gasteiger partial charge on any atom is 0.118 e. The third-order valence-corrected chi connectivity index (χ3v) is 3.47. The smallest absolute Gasteiger partial charge is 0.118 e. The van der Waals surface area contributed by atoms with Crippen molar-refractivity contribution in [3.05, 3.63) is 29.8 Å². The first-order valence-corrected chi connectivity index (χ1v) is 6.21. The van der Waals surface area contributed by atoms with Crippen LogP contribution in [0.2, 0.25) is 0 Å². The van der Waals surface area contributed by atoms with Gasteiger partial charge in [0.1, 0.15) is 5.75 Å². The minimum absolute atomic E-state index is 0.304. The quantitative estimate of drug-likeness (QED) is 0.771. The third-order valence-electron chi connectivity index (χ3n) is 2.96. The number of ether oxygens (including phenoxy) is 1. The molecular formula is C13H18ClNO. The van der Waals surface area contributed by atoms with E-state index < -0.39 is 0 Å². The summed E-state index contributed by atoms with van der Waals surface area (Å²) in [4.78, 5) is 0. The molecule has 88 valence electrons. The van der Waals surface area contributed by atoms with Crippen LogP contribution in [0.25, 0.3) is 0 Å². The molecule has 1 aliphatic rings. The van der Waals surface area contributed by atoms with Crippen LogP contribution in [-0.4, -0.2) is 19.0 Å². The molecule has 1 aromatic carbocycles. The number of hydrogen-bond acceptors (Lipinski definition) is 2. The molecule has 1 N–H and O–H groups in total. The lowest BCUT2D eigenvalue weighted by atomic mass is 10.2. The molecule has 0 radical (unpaired) electrons. The average molecular weight is 240 g/mol. The first-order valence-electron chi connectivity index (χ1n) is 5.77. The fourth-order valence-electron chi connectivity index (χ4n) is 1.72. The first kappa shape index (κ1) is 11.7. The molecule has 0 saturated heterocycles. The first-order chi connectivity index (χ1) is 7.79. The minimum Gasteiger partial charge on any atom is -0.497 e. The summed E-state index contributed by atoms with van der Waals surface area (Å²) in [5.41, 5.74) is 1.26. The van der Waals surface area contributed by atoms with Crippen molar-refractivity contribution in [2.24, 2.45) is 5.92 Å². The van der Waals surface area contributed by atoms with Gasteiger partial charge in [0.25, 0.3) is 0 Å². The summed E-state index contributed by atoms with van der Waals surface area (Å²) in [6.07, 6.45) is 2.61. The van der Waals surface area contributed by atoms with E-state index in [0.29, 0.717) is 5.38 Å². The fourth-order valence-corrected chi connectivity index (χ4v) is 2.08. The molecule has 0 aliphatic heterocycles. The van der Waals surface area contributed by atoms with Crippen molar-refractivity contribution in [2.45, 2.75) is 24.8 Å². The van der Waals surface area contributed by atoms with Crippen molar-refractivity contribution in [1.29, 1.82) is 0 Å². The van der Waals surface area contributed by atoms with E-state index in [9.17, 15) is 0 Å². The molecule has 2 rings (SSSR count). The molecule has 3 heteroatoms. The van der Waals surface area contributed by atoms with Gasteiger partial charge in [-0.3, -0.25) is 0 Å². The summed E-state index contributed by atoms with van der Waals surface area (Å²) in [5, 5.41) is 3.69. The summed E-state index contributed by atoms with van der Waals surface area (Å²) in [7, 11) is 1.68. The van der Waals surface area contributed by atoms with Gasteiger partial charge in [-0.05, 0) is 36.5 Å². The Morgan fingerprint density at radius 3 is 2.62 bits per heavy atom. The molecule has 16 heavy (non-hydrogen) atoms. The zero-order valence-corrected chi connectivity index (χ0v) is 10.3. The summed E-state index contributed by atoms with van der Waals surface area (Å²) in [5.74, 6) is 1.65. The van der Waals surface area contributed by atoms with Crippen molar-refractivity contribution in [3.63, 3.8) is 0 Å². The Morgan fingerprint density at radius 2 is 2.06 bits per heavy atom. The normalized spacial score (nSPS) is 17.1. The maximum absolute atomic E-state index is 6.21. The van der Waals surface area contributed by atoms with Crippen LogP contribution in [0.4, 0.5) is 0 Å². The van der Waals surface area contributed by atoms with E-state index in [2.05, 4.69) is 17.4 Å². The van der Waals surface area contributed by atoms with Crippen LogP contribution >= 0.6 is 11.6 Å². The van der Waals surface area contributed by atoms with Gasteiger partial charge in [-0.1, -0.05) is 12.1 Å². The molecule has 1 saturated carbocycles. The van der Waals surface area contributed by atoms with Crippen LogP contribution in [-0.2, 0) is 6.54 Å². The van der Waals surface area contributed by atoms with Crippen molar-refractivity contribution in [2.75, 3.05) is 13.7 Å². The topological polar surface area (TPSA) is 21.3 Å². The Bertz CT molecular complexity index is 321. The van der Waals surface area contributed by atoms with Gasteiger partial charge in [0, 0.05) is 18.5 Å². The number of methoxy groups -OCH3 is 1. The van der Waals surface area contributed by atoms with E-state index >= 15 is 0 Å². The largest absolute Gasteiger partial charge is 0.497 e. The highest BCUT2D eigenvalue weighted by atomic mass is 35.5. The number of halogens is 1. The fraction of sp³-hybridized carbons (Fsp3) is 0.538. The lowest BCUT2D eigenvalue weighted by Gasteiger charge is -2.09. The molecule has 1 atom stereocenters. The number of rotatable bonds is 6. The third kappa shape index (κ3) is 3.39. The van der Waals surface area contributed by atoms with E-state index in [0.717, 1.165) is 24.8 Å². The summed E-state index contributed by atoms with van der Waals surface area (Å²) >= 11 is 6.21. The van der Waals surface area contributed by atoms with Crippen LogP contribution in [0.3, 0.4) is 0 Å². The highest BCUT2D eigenvalue weighted by Crippen LogP contribution is 2.35. The summed E-state index contributed by atoms with van der Waals surface area (Å²) < 4.78 is 5.11. The average Bonchev–Trinajstić information content (AvgIpc) is 3.14. The predicted molar refractivity (Wildman–Crippen MR) is 67.1 cm³/mol. The van der Waals surface area contributed by atoms with Crippen molar-refractivity contribution < 1.29 is 4.74 Å². The molecule has 1 aromatic rings. The molecular weight excluding hydrogens is 222 g/mol. The Labute approximate surface area is 102 Å². The molecule has 1 unspecified atom stereocenters. The second-order valence-corrected chi connectivity index (χ2v) is 4.89. The summed E-state index contributed by atoms with van der Waals surface area (Å²) in [6, 6.07) is 8.12. The van der Waals surface area contributed by atoms with Gasteiger partial charge in [-0.25, -0.2) is 0 Å². The molecule has 1 aliphatic carbocycles. The van der Waals surface area contributed by atoms with Crippen molar-refractivity contribution in [3.8, 4) is 5.75 Å². The van der Waals surface area contributed by atoms with Gasteiger partial charge in [-0.15, -0.1) is 11.6 Å². The van der Waals surface area contributed by atoms with Crippen LogP contribution < -0.4 is 10.1 Å². The molecule has 0 bridgehead atoms. The van der Waals surface area contributed by atoms with E-state index in [4.69, 9.17) is 16.3 Å². The highest BCUT2D eigenvalue weighted by Gasteiger charge is 2.28. The summed E-state index contributed by atoms with van der Waals surface area (Å²) in [6.45, 7) is 1.78. The second kappa shape index (κ2) is 5.55. The van der Waals surface area contributed by atoms with Gasteiger partial charge in [0.15, 0.2) is 0 Å². The lowest BCUT2D eigenvalue weighted by Crippen LogP contribution is -2.24. The van der Waals surface area contributed by atoms with E-state index in [1.165, 1.54) is 18.4 Å². The van der Waals surface area contributed by atoms with Gasteiger partial charge >= 0.3 is 0 Å². The van der Waals surface area contributed by atoms with Crippen LogP contribution in [0, 0.1) is 5.92 Å². The number of benzene rings is 1. The molecule has 0 heterocycles. The molecule has 2 nitrogen and oxygen atoms in total. The Kier molecular flexibility index (Phi) is 4.08. The molecule has 0 spiro atoms. The number of nitrogens with one attached hydrogen (secondary N) is 1. The Hall–Kier alpha value is -0.730. The molecule has 0 aromatic heterocycles. The van der Waals surface area contributed by atoms with Crippen LogP contribution in [0.5, 0.6) is 5.75 Å². The van der Waals surface area contributed by atoms with Gasteiger partial charge in [-0.2, -0.15) is 0 Å². The van der Waals surface area contributed by atoms with Gasteiger partial charge < -0.3 is 10.1 Å². The minimum atomic E-state index is 0.304. The zero-order chi connectivity index (χ0) is 11.4. The highest BCUT2D eigenvalue weighted by molar-refractivity contribution is 6.21. The van der Waals surface area contributed by atoms with Gasteiger partial charge in [0.05, 0.1) is 7.11 Å². The van der Waals surface area contributed by atoms with Crippen molar-refractivity contribution >= 4 is 11.6 Å². The molecule has 1 fully saturated rings. The SMILES string of the molecule is COc1ccc(CNCC(Cl)C2CC2)cc1. The zero-order valence-electron chi connectivity index (χ0n) is 9.58. The lowest BCUT2D eigenvalue weighted by molar-refractivity contribution is 0.414. The van der Waals surface area contributed by atoms with E-state index in [-0.39, 0.29) is 0 Å². The van der Waals surface area contributed by atoms with Crippen LogP contribution in [0.15, 0.2) is 24.3 Å². The molecule has 0 amide bonds. The van der Waals surface area contributed by atoms with Crippen molar-refractivity contribution in [1.82, 2.24) is 5.32 Å². The van der Waals surface area contributed by atoms with E-state index in [1.807, 2.05) is 12.1 Å². The van der Waals surface area contributed by atoms with E-state index in [1.54, 1.807) is 7.11 Å². The Morgan fingerprint density at radius 1 is 1.38 bits per heavy atom. The monoisotopic (exact) mass is 239 g/mol. The standard InChI is InChI=1S/C13H18ClNO/c1-16-12-6-2-10(3-7-12)8-15-9-13(14)11-4-5-11/h2-3,6-7,11,13,15H,4-5,8-9H2,1H3. The Balaban J connectivity index is 1.71. The second-order valence-electron chi connectivity index (χ2n) is 4.33. The maximum atomic E-state index is 6.21. The van der Waals surface area contributed by atoms with Crippen LogP contribution in [0.1, 0.15) is 18.4 Å². The number of alkyl halides is 1. The van der Waals surface area contributed by atoms with Gasteiger partial charge in [0.2, 0.25) is 0 Å². The number of hydrogen-bond donors (Lipinski definition) is 1. The predicted octanol–water partition coefficient (Wildman–Crippen LogP) is 2.80.